The van der Waals surface area contributed by atoms with Crippen molar-refractivity contribution in [2.45, 2.75) is 11.0 Å². The fraction of sp³-hybridized carbons (Fsp3) is 0.0667. The fourth-order valence-corrected chi connectivity index (χ4v) is 3.12. The zero-order valence-electron chi connectivity index (χ0n) is 10.8. The highest BCUT2D eigenvalue weighted by molar-refractivity contribution is 9.10. The van der Waals surface area contributed by atoms with E-state index in [2.05, 4.69) is 38.3 Å². The summed E-state index contributed by atoms with van der Waals surface area (Å²) in [5.74, 6) is 1.26. The fourth-order valence-electron chi connectivity index (χ4n) is 1.78. The van der Waals surface area contributed by atoms with Crippen LogP contribution < -0.4 is 0 Å². The topological polar surface area (TPSA) is 38.9 Å². The normalized spacial score (nSPS) is 10.8. The highest BCUT2D eigenvalue weighted by atomic mass is 79.9. The second-order valence-electron chi connectivity index (χ2n) is 4.30. The van der Waals surface area contributed by atoms with Crippen molar-refractivity contribution in [3.63, 3.8) is 0 Å². The summed E-state index contributed by atoms with van der Waals surface area (Å²) < 4.78 is 6.71. The summed E-state index contributed by atoms with van der Waals surface area (Å²) in [6.07, 6.45) is 0. The Morgan fingerprint density at radius 1 is 1.10 bits per heavy atom. The molecule has 0 aliphatic carbocycles. The summed E-state index contributed by atoms with van der Waals surface area (Å²) in [6, 6.07) is 15.5. The molecule has 0 N–H and O–H groups in total. The van der Waals surface area contributed by atoms with Crippen molar-refractivity contribution in [2.24, 2.45) is 0 Å². The van der Waals surface area contributed by atoms with Crippen molar-refractivity contribution in [2.75, 3.05) is 0 Å². The molecule has 21 heavy (non-hydrogen) atoms. The van der Waals surface area contributed by atoms with Gasteiger partial charge in [0, 0.05) is 20.8 Å². The predicted molar refractivity (Wildman–Crippen MR) is 88.4 cm³/mol. The number of rotatable bonds is 4. The number of nitrogens with zero attached hydrogens (tertiary/aromatic N) is 2. The Balaban J connectivity index is 1.71. The molecule has 0 aliphatic heterocycles. The van der Waals surface area contributed by atoms with Crippen LogP contribution in [-0.4, -0.2) is 10.2 Å². The smallest absolute Gasteiger partial charge is 0.277 e. The van der Waals surface area contributed by atoms with E-state index >= 15 is 0 Å². The van der Waals surface area contributed by atoms with Crippen LogP contribution in [-0.2, 0) is 5.75 Å². The van der Waals surface area contributed by atoms with Crippen molar-refractivity contribution in [1.82, 2.24) is 10.2 Å². The van der Waals surface area contributed by atoms with E-state index in [1.807, 2.05) is 30.3 Å². The lowest BCUT2D eigenvalue weighted by Crippen LogP contribution is -1.80. The largest absolute Gasteiger partial charge is 0.411 e. The Morgan fingerprint density at radius 3 is 2.76 bits per heavy atom. The van der Waals surface area contributed by atoms with Gasteiger partial charge in [-0.2, -0.15) is 0 Å². The molecule has 0 amide bonds. The van der Waals surface area contributed by atoms with Crippen LogP contribution in [0, 0.1) is 0 Å². The van der Waals surface area contributed by atoms with E-state index in [4.69, 9.17) is 16.0 Å². The lowest BCUT2D eigenvalue weighted by Gasteiger charge is -1.98. The first-order chi connectivity index (χ1) is 10.2. The van der Waals surface area contributed by atoms with Crippen molar-refractivity contribution in [3.05, 3.63) is 63.6 Å². The molecule has 0 fully saturated rings. The standard InChI is InChI=1S/C15H10BrClN2OS/c16-12-5-1-3-10(7-12)9-21-15-19-18-14(20-15)11-4-2-6-13(17)8-11/h1-8H,9H2. The van der Waals surface area contributed by atoms with E-state index < -0.39 is 0 Å². The van der Waals surface area contributed by atoms with Gasteiger partial charge in [0.05, 0.1) is 0 Å². The van der Waals surface area contributed by atoms with Gasteiger partial charge in [-0.1, -0.05) is 57.5 Å². The van der Waals surface area contributed by atoms with Gasteiger partial charge in [-0.25, -0.2) is 0 Å². The van der Waals surface area contributed by atoms with Crippen LogP contribution in [0.15, 0.2) is 62.6 Å². The third-order valence-corrected chi connectivity index (χ3v) is 4.35. The van der Waals surface area contributed by atoms with Gasteiger partial charge in [0.15, 0.2) is 0 Å². The Kier molecular flexibility index (Phi) is 4.63. The lowest BCUT2D eigenvalue weighted by atomic mass is 10.2. The van der Waals surface area contributed by atoms with Crippen molar-refractivity contribution < 1.29 is 4.42 Å². The molecule has 0 bridgehead atoms. The first-order valence-electron chi connectivity index (χ1n) is 6.17. The van der Waals surface area contributed by atoms with Crippen LogP contribution >= 0.6 is 39.3 Å². The summed E-state index contributed by atoms with van der Waals surface area (Å²) in [4.78, 5) is 0. The Bertz CT molecular complexity index is 763. The van der Waals surface area contributed by atoms with E-state index in [0.29, 0.717) is 16.1 Å². The summed E-state index contributed by atoms with van der Waals surface area (Å²) in [5.41, 5.74) is 2.01. The molecule has 2 aromatic carbocycles. The molecule has 1 aromatic heterocycles. The van der Waals surface area contributed by atoms with E-state index in [1.54, 1.807) is 6.07 Å². The Hall–Kier alpha value is -1.30. The number of hydrogen-bond donors (Lipinski definition) is 0. The maximum atomic E-state index is 5.96. The zero-order chi connectivity index (χ0) is 14.7. The third-order valence-electron chi connectivity index (χ3n) is 2.73. The molecule has 106 valence electrons. The predicted octanol–water partition coefficient (Wildman–Crippen LogP) is 5.44. The van der Waals surface area contributed by atoms with Gasteiger partial charge in [0.1, 0.15) is 0 Å². The summed E-state index contributed by atoms with van der Waals surface area (Å²) in [7, 11) is 0. The molecule has 0 radical (unpaired) electrons. The van der Waals surface area contributed by atoms with E-state index in [-0.39, 0.29) is 0 Å². The minimum atomic E-state index is 0.481. The molecule has 3 nitrogen and oxygen atoms in total. The van der Waals surface area contributed by atoms with E-state index in [0.717, 1.165) is 15.8 Å². The van der Waals surface area contributed by atoms with Crippen LogP contribution in [0.2, 0.25) is 5.02 Å². The van der Waals surface area contributed by atoms with Gasteiger partial charge in [-0.15, -0.1) is 10.2 Å². The molecule has 1 heterocycles. The molecule has 0 saturated heterocycles. The van der Waals surface area contributed by atoms with Crippen LogP contribution in [0.4, 0.5) is 0 Å². The van der Waals surface area contributed by atoms with Crippen LogP contribution in [0.3, 0.4) is 0 Å². The average molecular weight is 382 g/mol. The van der Waals surface area contributed by atoms with Crippen LogP contribution in [0.5, 0.6) is 0 Å². The number of thioether (sulfide) groups is 1. The first kappa shape index (κ1) is 14.6. The molecule has 3 aromatic rings. The monoisotopic (exact) mass is 380 g/mol. The van der Waals surface area contributed by atoms with Crippen LogP contribution in [0.25, 0.3) is 11.5 Å². The summed E-state index contributed by atoms with van der Waals surface area (Å²) in [5, 5.41) is 9.30. The molecule has 0 aliphatic rings. The highest BCUT2D eigenvalue weighted by Crippen LogP contribution is 2.27. The SMILES string of the molecule is Clc1cccc(-c2nnc(SCc3cccc(Br)c3)o2)c1. The van der Waals surface area contributed by atoms with Crippen molar-refractivity contribution >= 4 is 39.3 Å². The van der Waals surface area contributed by atoms with Gasteiger partial charge >= 0.3 is 0 Å². The summed E-state index contributed by atoms with van der Waals surface area (Å²) >= 11 is 10.9. The van der Waals surface area contributed by atoms with E-state index in [9.17, 15) is 0 Å². The van der Waals surface area contributed by atoms with Gasteiger partial charge in [-0.3, -0.25) is 0 Å². The zero-order valence-corrected chi connectivity index (χ0v) is 14.0. The maximum Gasteiger partial charge on any atom is 0.277 e. The van der Waals surface area contributed by atoms with Crippen molar-refractivity contribution in [3.8, 4) is 11.5 Å². The quantitative estimate of drug-likeness (QED) is 0.564. The molecular formula is C15H10BrClN2OS. The van der Waals surface area contributed by atoms with Gasteiger partial charge < -0.3 is 4.42 Å². The average Bonchev–Trinajstić information content (AvgIpc) is 2.94. The van der Waals surface area contributed by atoms with E-state index in [1.165, 1.54) is 17.3 Å². The number of aromatic nitrogens is 2. The summed E-state index contributed by atoms with van der Waals surface area (Å²) in [6.45, 7) is 0. The molecule has 6 heteroatoms. The molecule has 3 rings (SSSR count). The number of hydrogen-bond acceptors (Lipinski definition) is 4. The Labute approximate surface area is 139 Å². The minimum absolute atomic E-state index is 0.481. The minimum Gasteiger partial charge on any atom is -0.411 e. The molecule has 0 spiro atoms. The lowest BCUT2D eigenvalue weighted by molar-refractivity contribution is 0.466. The second kappa shape index (κ2) is 6.64. The Morgan fingerprint density at radius 2 is 1.95 bits per heavy atom. The highest BCUT2D eigenvalue weighted by Gasteiger charge is 2.09. The number of benzene rings is 2. The van der Waals surface area contributed by atoms with Gasteiger partial charge in [-0.05, 0) is 35.9 Å². The van der Waals surface area contributed by atoms with Crippen LogP contribution in [0.1, 0.15) is 5.56 Å². The first-order valence-corrected chi connectivity index (χ1v) is 8.33. The van der Waals surface area contributed by atoms with Gasteiger partial charge in [0.2, 0.25) is 5.89 Å². The second-order valence-corrected chi connectivity index (χ2v) is 6.58. The number of halogens is 2. The maximum absolute atomic E-state index is 5.96. The van der Waals surface area contributed by atoms with Gasteiger partial charge in [0.25, 0.3) is 5.22 Å². The molecule has 0 saturated carbocycles. The third kappa shape index (κ3) is 3.87. The molecule has 0 atom stereocenters. The molecule has 0 unspecified atom stereocenters. The molecular weight excluding hydrogens is 372 g/mol. The van der Waals surface area contributed by atoms with Crippen molar-refractivity contribution in [1.29, 1.82) is 0 Å².